The molecule has 0 aliphatic carbocycles. The molecule has 0 heterocycles. The van der Waals surface area contributed by atoms with Crippen molar-refractivity contribution in [2.75, 3.05) is 0 Å². The van der Waals surface area contributed by atoms with E-state index in [1.807, 2.05) is 56.3 Å². The second kappa shape index (κ2) is 4.65. The molecule has 0 saturated carbocycles. The van der Waals surface area contributed by atoms with E-state index >= 15 is 0 Å². The number of rotatable bonds is 3. The fraction of sp³-hybridized carbons (Fsp3) is 0.188. The lowest BCUT2D eigenvalue weighted by atomic mass is 9.76. The molecule has 92 valence electrons. The van der Waals surface area contributed by atoms with Crippen LogP contribution in [-0.4, -0.2) is 5.97 Å². The van der Waals surface area contributed by atoms with Gasteiger partial charge in [-0.15, -0.1) is 0 Å². The van der Waals surface area contributed by atoms with Crippen LogP contribution in [0.3, 0.4) is 0 Å². The number of carbonyl (C=O) groups is 1. The summed E-state index contributed by atoms with van der Waals surface area (Å²) in [7, 11) is 0. The van der Waals surface area contributed by atoms with Gasteiger partial charge >= 0.3 is 0 Å². The predicted octanol–water partition coefficient (Wildman–Crippen LogP) is 2.38. The molecule has 0 aliphatic rings. The Labute approximate surface area is 107 Å². The standard InChI is InChI=1S/C16H16O2/c1-16(2,12-8-4-3-5-9-12)14-11-7-6-10-13(14)15(17)18/h3-11H,1-2H3,(H,17,18)/p-1. The molecular weight excluding hydrogens is 224 g/mol. The molecule has 0 bridgehead atoms. The van der Waals surface area contributed by atoms with Gasteiger partial charge in [-0.25, -0.2) is 0 Å². The minimum Gasteiger partial charge on any atom is -0.545 e. The zero-order valence-electron chi connectivity index (χ0n) is 10.5. The number of carboxylic acids is 1. The van der Waals surface area contributed by atoms with Crippen molar-refractivity contribution in [3.05, 3.63) is 71.3 Å². The molecule has 0 N–H and O–H groups in total. The van der Waals surface area contributed by atoms with Crippen molar-refractivity contribution in [2.45, 2.75) is 19.3 Å². The average molecular weight is 239 g/mol. The first-order valence-corrected chi connectivity index (χ1v) is 5.90. The quantitative estimate of drug-likeness (QED) is 0.825. The molecule has 0 radical (unpaired) electrons. The summed E-state index contributed by atoms with van der Waals surface area (Å²) in [6.45, 7) is 4.04. The van der Waals surface area contributed by atoms with Gasteiger partial charge in [0.1, 0.15) is 0 Å². The van der Waals surface area contributed by atoms with Gasteiger partial charge in [0.05, 0.1) is 5.97 Å². The largest absolute Gasteiger partial charge is 0.545 e. The van der Waals surface area contributed by atoms with E-state index in [1.165, 1.54) is 0 Å². The van der Waals surface area contributed by atoms with Crippen LogP contribution >= 0.6 is 0 Å². The second-order valence-electron chi connectivity index (χ2n) is 4.82. The number of aromatic carboxylic acids is 1. The first kappa shape index (κ1) is 12.4. The first-order chi connectivity index (χ1) is 8.53. The molecule has 0 unspecified atom stereocenters. The van der Waals surface area contributed by atoms with Gasteiger partial charge in [-0.1, -0.05) is 68.4 Å². The Kier molecular flexibility index (Phi) is 3.19. The van der Waals surface area contributed by atoms with Crippen LogP contribution in [-0.2, 0) is 5.41 Å². The maximum Gasteiger partial charge on any atom is 0.0718 e. The van der Waals surface area contributed by atoms with Gasteiger partial charge in [0.15, 0.2) is 0 Å². The lowest BCUT2D eigenvalue weighted by molar-refractivity contribution is -0.255. The number of hydrogen-bond donors (Lipinski definition) is 0. The molecule has 0 saturated heterocycles. The Hall–Kier alpha value is -2.09. The molecule has 0 amide bonds. The third-order valence-corrected chi connectivity index (χ3v) is 3.32. The number of carbonyl (C=O) groups excluding carboxylic acids is 1. The Balaban J connectivity index is 2.58. The third-order valence-electron chi connectivity index (χ3n) is 3.32. The van der Waals surface area contributed by atoms with Crippen LogP contribution in [0.15, 0.2) is 54.6 Å². The lowest BCUT2D eigenvalue weighted by Crippen LogP contribution is -2.29. The van der Waals surface area contributed by atoms with Crippen LogP contribution in [0.4, 0.5) is 0 Å². The Bertz CT molecular complexity index is 556. The van der Waals surface area contributed by atoms with Crippen LogP contribution in [0.25, 0.3) is 0 Å². The van der Waals surface area contributed by atoms with Gasteiger partial charge in [0, 0.05) is 11.0 Å². The molecule has 2 aromatic carbocycles. The SMILES string of the molecule is CC(C)(c1ccccc1)c1ccccc1C(=O)[O-]. The third kappa shape index (κ3) is 2.14. The fourth-order valence-electron chi connectivity index (χ4n) is 2.22. The topological polar surface area (TPSA) is 40.1 Å². The van der Waals surface area contributed by atoms with Crippen LogP contribution in [0.2, 0.25) is 0 Å². The van der Waals surface area contributed by atoms with Gasteiger partial charge in [0.25, 0.3) is 0 Å². The second-order valence-corrected chi connectivity index (χ2v) is 4.82. The molecule has 18 heavy (non-hydrogen) atoms. The maximum absolute atomic E-state index is 11.2. The van der Waals surface area contributed by atoms with Gasteiger partial charge in [0.2, 0.25) is 0 Å². The molecular formula is C16H15O2-. The van der Waals surface area contributed by atoms with Gasteiger partial charge in [-0.05, 0) is 11.1 Å². The Morgan fingerprint density at radius 1 is 0.944 bits per heavy atom. The minimum atomic E-state index is -1.13. The highest BCUT2D eigenvalue weighted by molar-refractivity contribution is 5.88. The van der Waals surface area contributed by atoms with Crippen molar-refractivity contribution >= 4 is 5.97 Å². The molecule has 2 heteroatoms. The van der Waals surface area contributed by atoms with E-state index < -0.39 is 5.97 Å². The number of carboxylic acid groups (broad SMARTS) is 1. The summed E-state index contributed by atoms with van der Waals surface area (Å²) >= 11 is 0. The van der Waals surface area contributed by atoms with Crippen molar-refractivity contribution in [3.63, 3.8) is 0 Å². The highest BCUT2D eigenvalue weighted by atomic mass is 16.4. The predicted molar refractivity (Wildman–Crippen MR) is 69.3 cm³/mol. The molecule has 0 aliphatic heterocycles. The van der Waals surface area contributed by atoms with Crippen LogP contribution < -0.4 is 5.11 Å². The maximum atomic E-state index is 11.2. The van der Waals surface area contributed by atoms with Crippen LogP contribution in [0, 0.1) is 0 Å². The molecule has 2 rings (SSSR count). The van der Waals surface area contributed by atoms with Crippen molar-refractivity contribution in [1.82, 2.24) is 0 Å². The molecule has 2 aromatic rings. The van der Waals surface area contributed by atoms with E-state index in [-0.39, 0.29) is 11.0 Å². The van der Waals surface area contributed by atoms with Crippen molar-refractivity contribution in [2.24, 2.45) is 0 Å². The monoisotopic (exact) mass is 239 g/mol. The van der Waals surface area contributed by atoms with Crippen molar-refractivity contribution in [3.8, 4) is 0 Å². The summed E-state index contributed by atoms with van der Waals surface area (Å²) in [4.78, 5) is 11.2. The fourth-order valence-corrected chi connectivity index (χ4v) is 2.22. The van der Waals surface area contributed by atoms with Gasteiger partial charge in [-0.3, -0.25) is 0 Å². The van der Waals surface area contributed by atoms with E-state index in [0.29, 0.717) is 0 Å². The van der Waals surface area contributed by atoms with Crippen molar-refractivity contribution in [1.29, 1.82) is 0 Å². The lowest BCUT2D eigenvalue weighted by Gasteiger charge is -2.28. The summed E-state index contributed by atoms with van der Waals surface area (Å²) in [6, 6.07) is 16.9. The highest BCUT2D eigenvalue weighted by Crippen LogP contribution is 2.33. The minimum absolute atomic E-state index is 0.256. The Morgan fingerprint density at radius 2 is 1.50 bits per heavy atom. The first-order valence-electron chi connectivity index (χ1n) is 5.90. The van der Waals surface area contributed by atoms with E-state index in [2.05, 4.69) is 0 Å². The zero-order chi connectivity index (χ0) is 13.2. The van der Waals surface area contributed by atoms with Crippen LogP contribution in [0.1, 0.15) is 35.3 Å². The summed E-state index contributed by atoms with van der Waals surface area (Å²) in [5, 5.41) is 11.2. The molecule has 2 nitrogen and oxygen atoms in total. The average Bonchev–Trinajstić information content (AvgIpc) is 2.39. The Morgan fingerprint density at radius 3 is 2.11 bits per heavy atom. The molecule has 0 aromatic heterocycles. The smallest absolute Gasteiger partial charge is 0.0718 e. The summed E-state index contributed by atoms with van der Waals surface area (Å²) in [5.74, 6) is -1.13. The number of hydrogen-bond acceptors (Lipinski definition) is 2. The summed E-state index contributed by atoms with van der Waals surface area (Å²) in [6.07, 6.45) is 0. The molecule has 0 spiro atoms. The summed E-state index contributed by atoms with van der Waals surface area (Å²) in [5.41, 5.74) is 1.75. The molecule has 0 atom stereocenters. The van der Waals surface area contributed by atoms with E-state index in [4.69, 9.17) is 0 Å². The highest BCUT2D eigenvalue weighted by Gasteiger charge is 2.25. The van der Waals surface area contributed by atoms with Crippen LogP contribution in [0.5, 0.6) is 0 Å². The van der Waals surface area contributed by atoms with Gasteiger partial charge < -0.3 is 9.90 Å². The molecule has 0 fully saturated rings. The van der Waals surface area contributed by atoms with E-state index in [0.717, 1.165) is 11.1 Å². The van der Waals surface area contributed by atoms with Crippen molar-refractivity contribution < 1.29 is 9.90 Å². The van der Waals surface area contributed by atoms with Gasteiger partial charge in [-0.2, -0.15) is 0 Å². The zero-order valence-corrected chi connectivity index (χ0v) is 10.5. The number of benzene rings is 2. The van der Waals surface area contributed by atoms with E-state index in [9.17, 15) is 9.90 Å². The normalized spacial score (nSPS) is 11.2. The van der Waals surface area contributed by atoms with E-state index in [1.54, 1.807) is 12.1 Å². The summed E-state index contributed by atoms with van der Waals surface area (Å²) < 4.78 is 0.